The number of amides is 1. The van der Waals surface area contributed by atoms with E-state index in [1.807, 2.05) is 0 Å². The van der Waals surface area contributed by atoms with Gasteiger partial charge in [0.15, 0.2) is 0 Å². The molecule has 1 aliphatic heterocycles. The Bertz CT molecular complexity index is 401. The van der Waals surface area contributed by atoms with Gasteiger partial charge in [-0.05, 0) is 31.1 Å². The summed E-state index contributed by atoms with van der Waals surface area (Å²) in [7, 11) is 0. The molecule has 2 saturated carbocycles. The molecule has 20 heavy (non-hydrogen) atoms. The first-order valence-electron chi connectivity index (χ1n) is 7.78. The number of nitrogens with zero attached hydrogens (tertiary/aromatic N) is 1. The van der Waals surface area contributed by atoms with Crippen LogP contribution in [0.1, 0.15) is 44.9 Å². The summed E-state index contributed by atoms with van der Waals surface area (Å²) in [5.41, 5.74) is 0. The Morgan fingerprint density at radius 3 is 2.55 bits per heavy atom. The third kappa shape index (κ3) is 2.69. The van der Waals surface area contributed by atoms with Crippen LogP contribution < -0.4 is 0 Å². The molecule has 1 N–H and O–H groups in total. The van der Waals surface area contributed by atoms with Crippen molar-refractivity contribution in [1.29, 1.82) is 0 Å². The second-order valence-electron chi connectivity index (χ2n) is 6.48. The summed E-state index contributed by atoms with van der Waals surface area (Å²) in [6.07, 6.45) is 8.39. The quantitative estimate of drug-likeness (QED) is 0.851. The van der Waals surface area contributed by atoms with E-state index in [1.54, 1.807) is 16.7 Å². The molecule has 3 fully saturated rings. The molecule has 1 amide bonds. The van der Waals surface area contributed by atoms with Gasteiger partial charge in [-0.1, -0.05) is 25.7 Å². The number of carboxylic acid groups (broad SMARTS) is 1. The second-order valence-corrected chi connectivity index (χ2v) is 7.48. The zero-order chi connectivity index (χ0) is 14.1. The van der Waals surface area contributed by atoms with Gasteiger partial charge in [-0.3, -0.25) is 4.79 Å². The van der Waals surface area contributed by atoms with Gasteiger partial charge in [-0.25, -0.2) is 4.79 Å². The van der Waals surface area contributed by atoms with E-state index in [4.69, 9.17) is 0 Å². The van der Waals surface area contributed by atoms with Crippen LogP contribution in [-0.2, 0) is 9.59 Å². The second kappa shape index (κ2) is 5.96. The van der Waals surface area contributed by atoms with E-state index >= 15 is 0 Å². The first-order valence-corrected chi connectivity index (χ1v) is 8.93. The van der Waals surface area contributed by atoms with Crippen LogP contribution in [0.5, 0.6) is 0 Å². The molecule has 0 aromatic carbocycles. The van der Waals surface area contributed by atoms with Crippen LogP contribution in [0.25, 0.3) is 0 Å². The minimum atomic E-state index is -0.852. The summed E-state index contributed by atoms with van der Waals surface area (Å²) in [4.78, 5) is 25.5. The molecule has 3 rings (SSSR count). The van der Waals surface area contributed by atoms with Gasteiger partial charge in [0.1, 0.15) is 6.04 Å². The third-order valence-corrected chi connectivity index (χ3v) is 6.35. The minimum Gasteiger partial charge on any atom is -0.480 e. The van der Waals surface area contributed by atoms with E-state index in [9.17, 15) is 14.7 Å². The fraction of sp³-hybridized carbons (Fsp3) is 0.867. The molecular weight excluding hydrogens is 274 g/mol. The van der Waals surface area contributed by atoms with E-state index in [2.05, 4.69) is 0 Å². The van der Waals surface area contributed by atoms with E-state index in [-0.39, 0.29) is 11.8 Å². The Hall–Kier alpha value is -0.710. The smallest absolute Gasteiger partial charge is 0.327 e. The van der Waals surface area contributed by atoms with Gasteiger partial charge in [0, 0.05) is 11.7 Å². The van der Waals surface area contributed by atoms with Gasteiger partial charge in [-0.15, -0.1) is 11.8 Å². The number of thioether (sulfide) groups is 1. The van der Waals surface area contributed by atoms with Crippen molar-refractivity contribution >= 4 is 23.6 Å². The SMILES string of the molecule is O=C(O)C1CSCN1C(=O)C1CCC2CCCCC2C1. The van der Waals surface area contributed by atoms with Crippen molar-refractivity contribution in [3.63, 3.8) is 0 Å². The molecule has 0 aromatic rings. The van der Waals surface area contributed by atoms with Gasteiger partial charge in [-0.2, -0.15) is 0 Å². The minimum absolute atomic E-state index is 0.0786. The van der Waals surface area contributed by atoms with Gasteiger partial charge in [0.2, 0.25) is 5.91 Å². The molecular formula is C15H23NO3S. The molecule has 0 radical (unpaired) electrons. The van der Waals surface area contributed by atoms with Gasteiger partial charge >= 0.3 is 5.97 Å². The molecule has 3 aliphatic rings. The Labute approximate surface area is 124 Å². The van der Waals surface area contributed by atoms with Crippen molar-refractivity contribution in [2.45, 2.75) is 51.0 Å². The van der Waals surface area contributed by atoms with Crippen molar-refractivity contribution in [3.8, 4) is 0 Å². The maximum absolute atomic E-state index is 12.6. The number of hydrogen-bond donors (Lipinski definition) is 1. The number of rotatable bonds is 2. The highest BCUT2D eigenvalue weighted by Gasteiger charge is 2.41. The molecule has 0 bridgehead atoms. The van der Waals surface area contributed by atoms with Gasteiger partial charge < -0.3 is 10.0 Å². The predicted octanol–water partition coefficient (Wildman–Crippen LogP) is 2.58. The molecule has 2 aliphatic carbocycles. The highest BCUT2D eigenvalue weighted by Crippen LogP contribution is 2.43. The number of fused-ring (bicyclic) bond motifs is 1. The van der Waals surface area contributed by atoms with Crippen molar-refractivity contribution < 1.29 is 14.7 Å². The Morgan fingerprint density at radius 1 is 1.05 bits per heavy atom. The maximum atomic E-state index is 12.6. The summed E-state index contributed by atoms with van der Waals surface area (Å²) in [6, 6.07) is -0.600. The van der Waals surface area contributed by atoms with Crippen molar-refractivity contribution in [2.75, 3.05) is 11.6 Å². The predicted molar refractivity (Wildman–Crippen MR) is 78.4 cm³/mol. The number of carbonyl (C=O) groups is 2. The molecule has 112 valence electrons. The molecule has 1 saturated heterocycles. The molecule has 5 heteroatoms. The normalized spacial score (nSPS) is 37.5. The zero-order valence-electron chi connectivity index (χ0n) is 11.8. The summed E-state index contributed by atoms with van der Waals surface area (Å²) < 4.78 is 0. The Morgan fingerprint density at radius 2 is 1.80 bits per heavy atom. The third-order valence-electron chi connectivity index (χ3n) is 5.34. The number of carbonyl (C=O) groups excluding carboxylic acids is 1. The topological polar surface area (TPSA) is 57.6 Å². The van der Waals surface area contributed by atoms with Crippen LogP contribution in [0.2, 0.25) is 0 Å². The average molecular weight is 297 g/mol. The summed E-state index contributed by atoms with van der Waals surface area (Å²) in [5.74, 6) is 1.97. The van der Waals surface area contributed by atoms with E-state index in [1.165, 1.54) is 32.1 Å². The monoisotopic (exact) mass is 297 g/mol. The summed E-state index contributed by atoms with van der Waals surface area (Å²) in [6.45, 7) is 0. The van der Waals surface area contributed by atoms with Crippen LogP contribution in [-0.4, -0.2) is 39.6 Å². The van der Waals surface area contributed by atoms with Crippen LogP contribution in [0.3, 0.4) is 0 Å². The van der Waals surface area contributed by atoms with E-state index in [0.29, 0.717) is 17.5 Å². The van der Waals surface area contributed by atoms with Crippen LogP contribution >= 0.6 is 11.8 Å². The van der Waals surface area contributed by atoms with Crippen LogP contribution in [0.4, 0.5) is 0 Å². The molecule has 0 aromatic heterocycles. The molecule has 4 nitrogen and oxygen atoms in total. The van der Waals surface area contributed by atoms with Crippen molar-refractivity contribution in [3.05, 3.63) is 0 Å². The highest BCUT2D eigenvalue weighted by molar-refractivity contribution is 7.99. The first-order chi connectivity index (χ1) is 9.66. The van der Waals surface area contributed by atoms with E-state index in [0.717, 1.165) is 18.8 Å². The Kier molecular flexibility index (Phi) is 4.24. The van der Waals surface area contributed by atoms with Crippen LogP contribution in [0.15, 0.2) is 0 Å². The average Bonchev–Trinajstić information content (AvgIpc) is 2.95. The lowest BCUT2D eigenvalue weighted by atomic mass is 9.67. The first kappa shape index (κ1) is 14.2. The molecule has 0 spiro atoms. The number of carboxylic acids is 1. The number of aliphatic carboxylic acids is 1. The zero-order valence-corrected chi connectivity index (χ0v) is 12.6. The lowest BCUT2D eigenvalue weighted by Crippen LogP contribution is -2.46. The lowest BCUT2D eigenvalue weighted by molar-refractivity contribution is -0.150. The number of hydrogen-bond acceptors (Lipinski definition) is 3. The summed E-state index contributed by atoms with van der Waals surface area (Å²) >= 11 is 1.56. The van der Waals surface area contributed by atoms with Crippen molar-refractivity contribution in [2.24, 2.45) is 17.8 Å². The fourth-order valence-corrected chi connectivity index (χ4v) is 5.35. The van der Waals surface area contributed by atoms with Crippen molar-refractivity contribution in [1.82, 2.24) is 4.90 Å². The van der Waals surface area contributed by atoms with Gasteiger partial charge in [0.25, 0.3) is 0 Å². The van der Waals surface area contributed by atoms with Gasteiger partial charge in [0.05, 0.1) is 5.88 Å². The molecule has 1 heterocycles. The highest BCUT2D eigenvalue weighted by atomic mass is 32.2. The molecule has 4 unspecified atom stereocenters. The Balaban J connectivity index is 1.64. The maximum Gasteiger partial charge on any atom is 0.327 e. The van der Waals surface area contributed by atoms with E-state index < -0.39 is 12.0 Å². The van der Waals surface area contributed by atoms with Crippen LogP contribution in [0, 0.1) is 17.8 Å². The molecule has 4 atom stereocenters. The standard InChI is InChI=1S/C15H23NO3S/c17-14(16-9-20-8-13(16)15(18)19)12-6-5-10-3-1-2-4-11(10)7-12/h10-13H,1-9H2,(H,18,19). The largest absolute Gasteiger partial charge is 0.480 e. The summed E-state index contributed by atoms with van der Waals surface area (Å²) in [5, 5.41) is 9.21. The fourth-order valence-electron chi connectivity index (χ4n) is 4.20. The lowest BCUT2D eigenvalue weighted by Gasteiger charge is -2.40.